The molecule has 3 aromatic rings. The van der Waals surface area contributed by atoms with Gasteiger partial charge in [0.1, 0.15) is 5.75 Å². The zero-order valence-corrected chi connectivity index (χ0v) is 20.2. The van der Waals surface area contributed by atoms with Crippen LogP contribution in [0.4, 0.5) is 0 Å². The Labute approximate surface area is 203 Å². The van der Waals surface area contributed by atoms with Crippen molar-refractivity contribution in [2.45, 2.75) is 58.6 Å². The second-order valence-electron chi connectivity index (χ2n) is 8.55. The van der Waals surface area contributed by atoms with Gasteiger partial charge >= 0.3 is 10.8 Å². The number of esters is 1. The lowest BCUT2D eigenvalue weighted by atomic mass is 10.1. The summed E-state index contributed by atoms with van der Waals surface area (Å²) in [5, 5.41) is 10.5. The van der Waals surface area contributed by atoms with Gasteiger partial charge in [-0.05, 0) is 48.6 Å². The Kier molecular flexibility index (Phi) is 8.00. The van der Waals surface area contributed by atoms with Gasteiger partial charge in [-0.15, -0.1) is 0 Å². The lowest BCUT2D eigenvalue weighted by molar-refractivity contribution is -0.152. The summed E-state index contributed by atoms with van der Waals surface area (Å²) in [7, 11) is 0. The van der Waals surface area contributed by atoms with E-state index in [0.29, 0.717) is 17.9 Å². The molecular formula is C26H30N2O5S. The molecule has 0 radical (unpaired) electrons. The second kappa shape index (κ2) is 11.3. The molecule has 1 fully saturated rings. The smallest absolute Gasteiger partial charge is 0.313 e. The van der Waals surface area contributed by atoms with Crippen molar-refractivity contribution in [3.63, 3.8) is 0 Å². The molecule has 180 valence electrons. The summed E-state index contributed by atoms with van der Waals surface area (Å²) in [5.74, 6) is 0.231. The summed E-state index contributed by atoms with van der Waals surface area (Å²) in [6.45, 7) is 2.39. The van der Waals surface area contributed by atoms with E-state index in [1.165, 1.54) is 5.56 Å². The standard InChI is InChI=1S/C26H30N2O5S/c1-2-18-7-10-21(27-16-18)13-14-32-22-11-8-19(9-12-22)15-23-24(29)28(26(31)34-23)17-33-25(30)20-5-3-4-6-20/h7-12,16,20,29H,2-6,13-15,17H2,1H3. The van der Waals surface area contributed by atoms with E-state index in [0.717, 1.165) is 71.4 Å². The van der Waals surface area contributed by atoms with Crippen LogP contribution in [0, 0.1) is 5.92 Å². The SMILES string of the molecule is CCc1ccc(CCOc2ccc(Cc3sc(=O)n(COC(=O)C4CCCC4)c3O)cc2)nc1. The van der Waals surface area contributed by atoms with Crippen molar-refractivity contribution in [2.24, 2.45) is 5.92 Å². The van der Waals surface area contributed by atoms with E-state index in [2.05, 4.69) is 18.0 Å². The third-order valence-corrected chi connectivity index (χ3v) is 7.14. The Hall–Kier alpha value is -3.13. The van der Waals surface area contributed by atoms with Crippen LogP contribution < -0.4 is 9.61 Å². The zero-order valence-electron chi connectivity index (χ0n) is 19.4. The number of rotatable bonds is 10. The molecule has 8 heteroatoms. The number of aromatic hydroxyl groups is 1. The first kappa shape index (κ1) is 24.0. The third kappa shape index (κ3) is 6.05. The van der Waals surface area contributed by atoms with E-state index in [4.69, 9.17) is 9.47 Å². The number of aromatic nitrogens is 2. The van der Waals surface area contributed by atoms with Gasteiger partial charge < -0.3 is 14.6 Å². The van der Waals surface area contributed by atoms with Gasteiger partial charge in [0.15, 0.2) is 6.73 Å². The van der Waals surface area contributed by atoms with E-state index >= 15 is 0 Å². The van der Waals surface area contributed by atoms with Crippen molar-refractivity contribution in [1.82, 2.24) is 9.55 Å². The van der Waals surface area contributed by atoms with Gasteiger partial charge in [0.25, 0.3) is 0 Å². The molecule has 1 aromatic carbocycles. The Morgan fingerprint density at radius 1 is 1.15 bits per heavy atom. The highest BCUT2D eigenvalue weighted by Gasteiger charge is 2.25. The summed E-state index contributed by atoms with van der Waals surface area (Å²) in [6.07, 6.45) is 7.73. The molecule has 1 N–H and O–H groups in total. The van der Waals surface area contributed by atoms with Gasteiger partial charge in [0.2, 0.25) is 5.88 Å². The van der Waals surface area contributed by atoms with Crippen molar-refractivity contribution >= 4 is 17.3 Å². The van der Waals surface area contributed by atoms with Crippen molar-refractivity contribution in [3.05, 3.63) is 74.0 Å². The summed E-state index contributed by atoms with van der Waals surface area (Å²) < 4.78 is 12.2. The summed E-state index contributed by atoms with van der Waals surface area (Å²) in [6, 6.07) is 11.7. The summed E-state index contributed by atoms with van der Waals surface area (Å²) >= 11 is 0.966. The monoisotopic (exact) mass is 482 g/mol. The molecule has 0 atom stereocenters. The van der Waals surface area contributed by atoms with Gasteiger partial charge in [0, 0.05) is 24.7 Å². The fourth-order valence-electron chi connectivity index (χ4n) is 4.05. The maximum atomic E-state index is 12.3. The van der Waals surface area contributed by atoms with E-state index in [9.17, 15) is 14.7 Å². The Bertz CT molecular complexity index is 1150. The first-order valence-electron chi connectivity index (χ1n) is 11.8. The van der Waals surface area contributed by atoms with Crippen LogP contribution in [0.2, 0.25) is 0 Å². The van der Waals surface area contributed by atoms with Crippen LogP contribution in [0.15, 0.2) is 47.4 Å². The largest absolute Gasteiger partial charge is 0.494 e. The van der Waals surface area contributed by atoms with E-state index < -0.39 is 0 Å². The topological polar surface area (TPSA) is 90.7 Å². The molecule has 0 spiro atoms. The molecule has 0 aliphatic heterocycles. The predicted octanol–water partition coefficient (Wildman–Crippen LogP) is 4.48. The molecule has 2 heterocycles. The highest BCUT2D eigenvalue weighted by atomic mass is 32.1. The van der Waals surface area contributed by atoms with Gasteiger partial charge in [-0.25, -0.2) is 4.57 Å². The number of pyridine rings is 1. The number of ether oxygens (including phenoxy) is 2. The molecule has 0 amide bonds. The van der Waals surface area contributed by atoms with Crippen LogP contribution >= 0.6 is 11.3 Å². The van der Waals surface area contributed by atoms with Crippen molar-refractivity contribution in [3.8, 4) is 11.6 Å². The average Bonchev–Trinajstić information content (AvgIpc) is 3.48. The highest BCUT2D eigenvalue weighted by molar-refractivity contribution is 7.09. The van der Waals surface area contributed by atoms with E-state index in [1.807, 2.05) is 36.5 Å². The number of hydrogen-bond donors (Lipinski definition) is 1. The van der Waals surface area contributed by atoms with Crippen LogP contribution in [0.1, 0.15) is 54.3 Å². The number of carbonyl (C=O) groups is 1. The van der Waals surface area contributed by atoms with Gasteiger partial charge in [0.05, 0.1) is 17.4 Å². The lowest BCUT2D eigenvalue weighted by Gasteiger charge is -2.10. The molecule has 1 aliphatic rings. The maximum absolute atomic E-state index is 12.3. The summed E-state index contributed by atoms with van der Waals surface area (Å²) in [5.41, 5.74) is 3.16. The summed E-state index contributed by atoms with van der Waals surface area (Å²) in [4.78, 5) is 29.1. The van der Waals surface area contributed by atoms with Crippen LogP contribution in [0.5, 0.6) is 11.6 Å². The number of benzene rings is 1. The molecule has 2 aromatic heterocycles. The maximum Gasteiger partial charge on any atom is 0.313 e. The average molecular weight is 483 g/mol. The lowest BCUT2D eigenvalue weighted by Crippen LogP contribution is -2.21. The Balaban J connectivity index is 1.29. The first-order valence-corrected chi connectivity index (χ1v) is 12.6. The van der Waals surface area contributed by atoms with E-state index in [-0.39, 0.29) is 29.4 Å². The molecule has 4 rings (SSSR count). The first-order chi connectivity index (χ1) is 16.5. The minimum Gasteiger partial charge on any atom is -0.494 e. The van der Waals surface area contributed by atoms with Gasteiger partial charge in [-0.2, -0.15) is 0 Å². The molecule has 7 nitrogen and oxygen atoms in total. The minimum absolute atomic E-state index is 0.0884. The van der Waals surface area contributed by atoms with Crippen LogP contribution in [0.3, 0.4) is 0 Å². The van der Waals surface area contributed by atoms with Gasteiger partial charge in [-0.1, -0.05) is 49.3 Å². The van der Waals surface area contributed by atoms with Crippen molar-refractivity contribution < 1.29 is 19.4 Å². The fourth-order valence-corrected chi connectivity index (χ4v) is 4.95. The molecule has 0 bridgehead atoms. The number of carbonyl (C=O) groups excluding carboxylic acids is 1. The quantitative estimate of drug-likeness (QED) is 0.429. The predicted molar refractivity (Wildman–Crippen MR) is 130 cm³/mol. The molecule has 0 saturated heterocycles. The van der Waals surface area contributed by atoms with E-state index in [1.54, 1.807) is 0 Å². The zero-order chi connectivity index (χ0) is 23.9. The molecule has 1 saturated carbocycles. The molecular weight excluding hydrogens is 452 g/mol. The minimum atomic E-state index is -0.341. The Morgan fingerprint density at radius 3 is 2.56 bits per heavy atom. The van der Waals surface area contributed by atoms with Crippen LogP contribution in [-0.4, -0.2) is 27.2 Å². The van der Waals surface area contributed by atoms with Crippen molar-refractivity contribution in [2.75, 3.05) is 6.61 Å². The third-order valence-electron chi connectivity index (χ3n) is 6.17. The van der Waals surface area contributed by atoms with Crippen LogP contribution in [0.25, 0.3) is 0 Å². The number of nitrogens with zero attached hydrogens (tertiary/aromatic N) is 2. The molecule has 34 heavy (non-hydrogen) atoms. The molecule has 1 aliphatic carbocycles. The highest BCUT2D eigenvalue weighted by Crippen LogP contribution is 2.27. The fraction of sp³-hybridized carbons (Fsp3) is 0.423. The Morgan fingerprint density at radius 2 is 1.88 bits per heavy atom. The molecule has 0 unspecified atom stereocenters. The normalized spacial score (nSPS) is 13.8. The van der Waals surface area contributed by atoms with Gasteiger partial charge in [-0.3, -0.25) is 14.6 Å². The number of hydrogen-bond acceptors (Lipinski definition) is 7. The number of thiazole rings is 1. The second-order valence-corrected chi connectivity index (χ2v) is 9.59. The number of aryl methyl sites for hydroxylation is 1. The van der Waals surface area contributed by atoms with Crippen molar-refractivity contribution in [1.29, 1.82) is 0 Å². The van der Waals surface area contributed by atoms with Crippen LogP contribution in [-0.2, 0) is 35.5 Å².